The third-order valence-corrected chi connectivity index (χ3v) is 3.48. The van der Waals surface area contributed by atoms with E-state index in [0.29, 0.717) is 11.7 Å². The Bertz CT molecular complexity index is 514. The van der Waals surface area contributed by atoms with Gasteiger partial charge in [0.15, 0.2) is 0 Å². The molecule has 1 unspecified atom stereocenters. The van der Waals surface area contributed by atoms with Crippen molar-refractivity contribution in [3.05, 3.63) is 54.1 Å². The Morgan fingerprint density at radius 1 is 0.895 bits per heavy atom. The van der Waals surface area contributed by atoms with Crippen LogP contribution < -0.4 is 5.73 Å². The Hall–Kier alpha value is -1.80. The zero-order valence-electron chi connectivity index (χ0n) is 11.5. The fourth-order valence-electron chi connectivity index (χ4n) is 2.00. The molecule has 1 atom stereocenters. The Kier molecular flexibility index (Phi) is 4.23. The Labute approximate surface area is 114 Å². The maximum atomic E-state index is 9.28. The van der Waals surface area contributed by atoms with E-state index in [1.165, 1.54) is 5.56 Å². The highest BCUT2D eigenvalue weighted by molar-refractivity contribution is 5.64. The van der Waals surface area contributed by atoms with Crippen molar-refractivity contribution in [3.8, 4) is 16.9 Å². The minimum atomic E-state index is 0.208. The second-order valence-electron chi connectivity index (χ2n) is 5.36. The number of nitrogens with two attached hydrogens (primary N) is 1. The highest BCUT2D eigenvalue weighted by Crippen LogP contribution is 2.22. The first-order chi connectivity index (χ1) is 9.06. The van der Waals surface area contributed by atoms with Crippen LogP contribution in [0.3, 0.4) is 0 Å². The quantitative estimate of drug-likeness (QED) is 0.877. The Morgan fingerprint density at radius 3 is 1.84 bits per heavy atom. The molecule has 2 aromatic rings. The fourth-order valence-corrected chi connectivity index (χ4v) is 2.00. The summed E-state index contributed by atoms with van der Waals surface area (Å²) in [7, 11) is 0. The monoisotopic (exact) mass is 255 g/mol. The molecule has 0 aliphatic carbocycles. The van der Waals surface area contributed by atoms with Crippen molar-refractivity contribution in [1.29, 1.82) is 0 Å². The predicted octanol–water partition coefficient (Wildman–Crippen LogP) is 3.59. The molecule has 0 bridgehead atoms. The number of hydrogen-bond acceptors (Lipinski definition) is 2. The summed E-state index contributed by atoms with van der Waals surface area (Å²) in [5.74, 6) is 0.792. The molecule has 0 amide bonds. The smallest absolute Gasteiger partial charge is 0.115 e. The zero-order chi connectivity index (χ0) is 13.8. The lowest BCUT2D eigenvalue weighted by molar-refractivity contribution is 0.475. The molecule has 0 spiro atoms. The largest absolute Gasteiger partial charge is 0.508 e. The van der Waals surface area contributed by atoms with E-state index in [9.17, 15) is 5.11 Å². The van der Waals surface area contributed by atoms with E-state index in [2.05, 4.69) is 38.1 Å². The summed E-state index contributed by atoms with van der Waals surface area (Å²) in [6, 6.07) is 15.9. The average molecular weight is 255 g/mol. The second-order valence-corrected chi connectivity index (χ2v) is 5.36. The van der Waals surface area contributed by atoms with Gasteiger partial charge < -0.3 is 10.8 Å². The number of rotatable bonds is 4. The number of benzene rings is 2. The van der Waals surface area contributed by atoms with Gasteiger partial charge in [-0.1, -0.05) is 50.2 Å². The standard InChI is InChI=1S/C17H21NO/c1-12(2)17(18)11-13-3-5-14(6-4-13)15-7-9-16(19)10-8-15/h3-10,12,17,19H,11,18H2,1-2H3. The van der Waals surface area contributed by atoms with Crippen LogP contribution in [0.1, 0.15) is 19.4 Å². The van der Waals surface area contributed by atoms with Crippen LogP contribution in [0.4, 0.5) is 0 Å². The van der Waals surface area contributed by atoms with Crippen molar-refractivity contribution in [3.63, 3.8) is 0 Å². The summed E-state index contributed by atoms with van der Waals surface area (Å²) in [4.78, 5) is 0. The molecule has 0 heterocycles. The minimum Gasteiger partial charge on any atom is -0.508 e. The van der Waals surface area contributed by atoms with Gasteiger partial charge in [-0.05, 0) is 41.2 Å². The summed E-state index contributed by atoms with van der Waals surface area (Å²) < 4.78 is 0. The fraction of sp³-hybridized carbons (Fsp3) is 0.294. The van der Waals surface area contributed by atoms with Crippen LogP contribution in [0.5, 0.6) is 5.75 Å². The lowest BCUT2D eigenvalue weighted by atomic mass is 9.96. The zero-order valence-corrected chi connectivity index (χ0v) is 11.5. The molecule has 0 aliphatic heterocycles. The van der Waals surface area contributed by atoms with Gasteiger partial charge >= 0.3 is 0 Å². The van der Waals surface area contributed by atoms with Gasteiger partial charge in [0, 0.05) is 6.04 Å². The topological polar surface area (TPSA) is 46.2 Å². The molecule has 19 heavy (non-hydrogen) atoms. The Morgan fingerprint density at radius 2 is 1.37 bits per heavy atom. The van der Waals surface area contributed by atoms with Crippen molar-refractivity contribution in [2.45, 2.75) is 26.3 Å². The van der Waals surface area contributed by atoms with Crippen molar-refractivity contribution >= 4 is 0 Å². The number of aromatic hydroxyl groups is 1. The molecule has 2 heteroatoms. The molecule has 0 fully saturated rings. The molecular weight excluding hydrogens is 234 g/mol. The minimum absolute atomic E-state index is 0.208. The van der Waals surface area contributed by atoms with Gasteiger partial charge in [-0.3, -0.25) is 0 Å². The first-order valence-corrected chi connectivity index (χ1v) is 6.70. The third-order valence-electron chi connectivity index (χ3n) is 3.48. The van der Waals surface area contributed by atoms with Crippen molar-refractivity contribution in [1.82, 2.24) is 0 Å². The van der Waals surface area contributed by atoms with Crippen molar-refractivity contribution in [2.75, 3.05) is 0 Å². The van der Waals surface area contributed by atoms with Crippen LogP contribution >= 0.6 is 0 Å². The normalized spacial score (nSPS) is 12.6. The first kappa shape index (κ1) is 13.6. The van der Waals surface area contributed by atoms with E-state index in [4.69, 9.17) is 5.73 Å². The maximum Gasteiger partial charge on any atom is 0.115 e. The number of phenols is 1. The molecule has 0 saturated carbocycles. The van der Waals surface area contributed by atoms with Gasteiger partial charge in [0.2, 0.25) is 0 Å². The lowest BCUT2D eigenvalue weighted by Gasteiger charge is -2.15. The molecule has 0 saturated heterocycles. The number of phenolic OH excluding ortho intramolecular Hbond substituents is 1. The van der Waals surface area contributed by atoms with Gasteiger partial charge in [-0.2, -0.15) is 0 Å². The Balaban J connectivity index is 2.12. The van der Waals surface area contributed by atoms with Gasteiger partial charge in [0.25, 0.3) is 0 Å². The number of hydrogen-bond donors (Lipinski definition) is 2. The van der Waals surface area contributed by atoms with Crippen molar-refractivity contribution < 1.29 is 5.11 Å². The molecule has 100 valence electrons. The van der Waals surface area contributed by atoms with Crippen LogP contribution in [-0.2, 0) is 6.42 Å². The SMILES string of the molecule is CC(C)C(N)Cc1ccc(-c2ccc(O)cc2)cc1. The highest BCUT2D eigenvalue weighted by Gasteiger charge is 2.08. The van der Waals surface area contributed by atoms with Crippen LogP contribution in [0.15, 0.2) is 48.5 Å². The van der Waals surface area contributed by atoms with Gasteiger partial charge in [0.1, 0.15) is 5.75 Å². The first-order valence-electron chi connectivity index (χ1n) is 6.70. The van der Waals surface area contributed by atoms with E-state index in [1.54, 1.807) is 12.1 Å². The van der Waals surface area contributed by atoms with Crippen LogP contribution in [0.2, 0.25) is 0 Å². The van der Waals surface area contributed by atoms with E-state index < -0.39 is 0 Å². The highest BCUT2D eigenvalue weighted by atomic mass is 16.3. The van der Waals surface area contributed by atoms with Gasteiger partial charge in [-0.15, -0.1) is 0 Å². The third kappa shape index (κ3) is 3.58. The second kappa shape index (κ2) is 5.89. The maximum absolute atomic E-state index is 9.28. The van der Waals surface area contributed by atoms with Crippen molar-refractivity contribution in [2.24, 2.45) is 11.7 Å². The van der Waals surface area contributed by atoms with E-state index in [1.807, 2.05) is 12.1 Å². The van der Waals surface area contributed by atoms with E-state index >= 15 is 0 Å². The molecular formula is C17H21NO. The molecule has 2 nitrogen and oxygen atoms in total. The summed E-state index contributed by atoms with van der Waals surface area (Å²) in [5.41, 5.74) is 9.62. The summed E-state index contributed by atoms with van der Waals surface area (Å²) >= 11 is 0. The summed E-state index contributed by atoms with van der Waals surface area (Å²) in [6.07, 6.45) is 0.910. The predicted molar refractivity (Wildman–Crippen MR) is 80.1 cm³/mol. The molecule has 0 aliphatic rings. The average Bonchev–Trinajstić information content (AvgIpc) is 2.40. The molecule has 2 rings (SSSR count). The summed E-state index contributed by atoms with van der Waals surface area (Å²) in [6.45, 7) is 4.30. The van der Waals surface area contributed by atoms with Crippen LogP contribution in [0, 0.1) is 5.92 Å². The summed E-state index contributed by atoms with van der Waals surface area (Å²) in [5, 5.41) is 9.28. The molecule has 0 radical (unpaired) electrons. The molecule has 2 aromatic carbocycles. The van der Waals surface area contributed by atoms with Crippen LogP contribution in [-0.4, -0.2) is 11.1 Å². The van der Waals surface area contributed by atoms with Gasteiger partial charge in [-0.25, -0.2) is 0 Å². The van der Waals surface area contributed by atoms with Gasteiger partial charge in [0.05, 0.1) is 0 Å². The van der Waals surface area contributed by atoms with E-state index in [0.717, 1.165) is 17.5 Å². The molecule has 3 N–H and O–H groups in total. The van der Waals surface area contributed by atoms with Crippen LogP contribution in [0.25, 0.3) is 11.1 Å². The lowest BCUT2D eigenvalue weighted by Crippen LogP contribution is -2.28. The molecule has 0 aromatic heterocycles. The van der Waals surface area contributed by atoms with E-state index in [-0.39, 0.29) is 6.04 Å².